The van der Waals surface area contributed by atoms with E-state index in [-0.39, 0.29) is 18.2 Å². The van der Waals surface area contributed by atoms with Gasteiger partial charge >= 0.3 is 6.09 Å². The Morgan fingerprint density at radius 2 is 2.20 bits per heavy atom. The maximum Gasteiger partial charge on any atom is 0.410 e. The molecule has 5 heteroatoms. The van der Waals surface area contributed by atoms with Crippen LogP contribution in [0.4, 0.5) is 4.79 Å². The maximum absolute atomic E-state index is 11.7. The first-order valence-electron chi connectivity index (χ1n) is 5.18. The molecule has 0 saturated carbocycles. The number of likely N-dealkylation sites (tertiary alicyclic amines) is 1. The summed E-state index contributed by atoms with van der Waals surface area (Å²) in [6.07, 6.45) is -1.16. The maximum atomic E-state index is 11.7. The molecule has 2 bridgehead atoms. The van der Waals surface area contributed by atoms with Crippen molar-refractivity contribution in [2.24, 2.45) is 0 Å². The highest BCUT2D eigenvalue weighted by Crippen LogP contribution is 2.29. The number of hydrogen-bond acceptors (Lipinski definition) is 4. The molecule has 1 amide bonds. The highest BCUT2D eigenvalue weighted by atomic mass is 16.6. The quantitative estimate of drug-likeness (QED) is 0.634. The number of ether oxygens (including phenoxy) is 2. The highest BCUT2D eigenvalue weighted by molar-refractivity contribution is 5.69. The van der Waals surface area contributed by atoms with Crippen molar-refractivity contribution in [3.05, 3.63) is 0 Å². The van der Waals surface area contributed by atoms with Crippen LogP contribution in [-0.4, -0.2) is 53.1 Å². The molecular weight excluding hydrogens is 198 g/mol. The Morgan fingerprint density at radius 3 is 2.60 bits per heavy atom. The molecule has 2 aliphatic heterocycles. The van der Waals surface area contributed by atoms with Crippen LogP contribution in [0.25, 0.3) is 0 Å². The molecule has 0 aromatic carbocycles. The van der Waals surface area contributed by atoms with Crippen LogP contribution in [0.5, 0.6) is 0 Å². The van der Waals surface area contributed by atoms with Gasteiger partial charge < -0.3 is 14.6 Å². The van der Waals surface area contributed by atoms with Gasteiger partial charge in [0.2, 0.25) is 0 Å². The van der Waals surface area contributed by atoms with Gasteiger partial charge in [-0.05, 0) is 20.8 Å². The summed E-state index contributed by atoms with van der Waals surface area (Å²) in [5, 5.41) is 9.67. The summed E-state index contributed by atoms with van der Waals surface area (Å²) in [6, 6.07) is -0.232. The van der Waals surface area contributed by atoms with Gasteiger partial charge in [-0.2, -0.15) is 0 Å². The first-order chi connectivity index (χ1) is 6.88. The van der Waals surface area contributed by atoms with Crippen LogP contribution in [0.1, 0.15) is 20.8 Å². The molecule has 0 aromatic rings. The second kappa shape index (κ2) is 3.35. The van der Waals surface area contributed by atoms with E-state index in [4.69, 9.17) is 9.47 Å². The van der Waals surface area contributed by atoms with Gasteiger partial charge in [0.15, 0.2) is 0 Å². The fourth-order valence-corrected chi connectivity index (χ4v) is 1.96. The Bertz CT molecular complexity index is 273. The fourth-order valence-electron chi connectivity index (χ4n) is 1.96. The molecule has 2 heterocycles. The van der Waals surface area contributed by atoms with E-state index >= 15 is 0 Å². The summed E-state index contributed by atoms with van der Waals surface area (Å²) in [6.45, 7) is 6.32. The second-order valence-corrected chi connectivity index (χ2v) is 5.06. The highest BCUT2D eigenvalue weighted by Gasteiger charge is 2.50. The summed E-state index contributed by atoms with van der Waals surface area (Å²) in [7, 11) is 0. The number of aliphatic hydroxyl groups is 1. The van der Waals surface area contributed by atoms with Crippen LogP contribution in [0.2, 0.25) is 0 Å². The zero-order valence-electron chi connectivity index (χ0n) is 9.27. The lowest BCUT2D eigenvalue weighted by atomic mass is 10.2. The second-order valence-electron chi connectivity index (χ2n) is 5.06. The lowest BCUT2D eigenvalue weighted by Crippen LogP contribution is -2.45. The standard InChI is InChI=1S/C10H17NO4/c1-10(2,3)15-9(13)11-4-7-8(12)6(11)5-14-7/h6-8,12H,4-5H2,1-3H3/t6-,7-,8?/m0/s1. The molecule has 2 fully saturated rings. The lowest BCUT2D eigenvalue weighted by molar-refractivity contribution is -0.00922. The van der Waals surface area contributed by atoms with Crippen LogP contribution in [0.3, 0.4) is 0 Å². The van der Waals surface area contributed by atoms with Gasteiger partial charge in [-0.15, -0.1) is 0 Å². The van der Waals surface area contributed by atoms with Crippen molar-refractivity contribution in [1.82, 2.24) is 4.90 Å². The minimum Gasteiger partial charge on any atom is -0.444 e. The number of carbonyl (C=O) groups is 1. The van der Waals surface area contributed by atoms with Crippen molar-refractivity contribution >= 4 is 6.09 Å². The van der Waals surface area contributed by atoms with Crippen molar-refractivity contribution in [3.8, 4) is 0 Å². The smallest absolute Gasteiger partial charge is 0.410 e. The van der Waals surface area contributed by atoms with E-state index in [1.54, 1.807) is 4.90 Å². The van der Waals surface area contributed by atoms with Crippen molar-refractivity contribution in [3.63, 3.8) is 0 Å². The summed E-state index contributed by atoms with van der Waals surface area (Å²) in [5.41, 5.74) is -0.495. The van der Waals surface area contributed by atoms with Crippen LogP contribution < -0.4 is 0 Å². The van der Waals surface area contributed by atoms with E-state index < -0.39 is 11.7 Å². The molecule has 0 radical (unpaired) electrons. The normalized spacial score (nSPS) is 34.7. The minimum atomic E-state index is -0.558. The van der Waals surface area contributed by atoms with E-state index in [1.165, 1.54) is 0 Å². The third-order valence-electron chi connectivity index (χ3n) is 2.66. The minimum absolute atomic E-state index is 0.232. The average Bonchev–Trinajstić information content (AvgIpc) is 2.59. The predicted molar refractivity (Wildman–Crippen MR) is 52.5 cm³/mol. The van der Waals surface area contributed by atoms with Crippen molar-refractivity contribution in [2.75, 3.05) is 13.2 Å². The molecule has 0 spiro atoms. The number of rotatable bonds is 0. The number of carbonyl (C=O) groups excluding carboxylic acids is 1. The molecule has 2 aliphatic rings. The number of amides is 1. The Morgan fingerprint density at radius 1 is 1.53 bits per heavy atom. The Balaban J connectivity index is 1.99. The first-order valence-corrected chi connectivity index (χ1v) is 5.18. The summed E-state index contributed by atoms with van der Waals surface area (Å²) < 4.78 is 10.5. The van der Waals surface area contributed by atoms with Gasteiger partial charge in [-0.1, -0.05) is 0 Å². The number of hydrogen-bond donors (Lipinski definition) is 1. The van der Waals surface area contributed by atoms with Crippen molar-refractivity contribution < 1.29 is 19.4 Å². The third kappa shape index (κ3) is 1.94. The lowest BCUT2D eigenvalue weighted by Gasteiger charge is -2.29. The molecule has 5 nitrogen and oxygen atoms in total. The van der Waals surface area contributed by atoms with Crippen LogP contribution >= 0.6 is 0 Å². The van der Waals surface area contributed by atoms with E-state index in [1.807, 2.05) is 20.8 Å². The first kappa shape index (κ1) is 10.7. The molecule has 1 N–H and O–H groups in total. The van der Waals surface area contributed by atoms with Gasteiger partial charge in [0, 0.05) is 0 Å². The van der Waals surface area contributed by atoms with Gasteiger partial charge in [-0.3, -0.25) is 4.90 Å². The summed E-state index contributed by atoms with van der Waals surface area (Å²) >= 11 is 0. The number of aliphatic hydroxyl groups excluding tert-OH is 1. The van der Waals surface area contributed by atoms with Crippen LogP contribution in [0.15, 0.2) is 0 Å². The molecule has 0 aliphatic carbocycles. The topological polar surface area (TPSA) is 59.0 Å². The zero-order chi connectivity index (χ0) is 11.2. The molecule has 3 atom stereocenters. The monoisotopic (exact) mass is 215 g/mol. The van der Waals surface area contributed by atoms with E-state index in [2.05, 4.69) is 0 Å². The number of nitrogens with zero attached hydrogens (tertiary/aromatic N) is 1. The SMILES string of the molecule is CC(C)(C)OC(=O)N1C[C@@H]2OC[C@H]1C2O. The van der Waals surface area contributed by atoms with Crippen LogP contribution in [-0.2, 0) is 9.47 Å². The molecule has 0 aromatic heterocycles. The summed E-state index contributed by atoms with van der Waals surface area (Å²) in [5.74, 6) is 0. The Hall–Kier alpha value is -0.810. The van der Waals surface area contributed by atoms with Crippen molar-refractivity contribution in [2.45, 2.75) is 44.6 Å². The molecule has 2 rings (SSSR count). The predicted octanol–water partition coefficient (Wildman–Crippen LogP) is 0.365. The third-order valence-corrected chi connectivity index (χ3v) is 2.66. The van der Waals surface area contributed by atoms with Crippen LogP contribution in [0, 0.1) is 0 Å². The van der Waals surface area contributed by atoms with Crippen molar-refractivity contribution in [1.29, 1.82) is 0 Å². The Kier molecular flexibility index (Phi) is 2.39. The van der Waals surface area contributed by atoms with Gasteiger partial charge in [-0.25, -0.2) is 4.79 Å². The Labute approximate surface area is 89.0 Å². The fraction of sp³-hybridized carbons (Fsp3) is 0.900. The number of fused-ring (bicyclic) bond motifs is 2. The number of morpholine rings is 1. The van der Waals surface area contributed by atoms with E-state index in [0.717, 1.165) is 0 Å². The molecule has 86 valence electrons. The van der Waals surface area contributed by atoms with Gasteiger partial charge in [0.05, 0.1) is 19.2 Å². The van der Waals surface area contributed by atoms with Gasteiger partial charge in [0.25, 0.3) is 0 Å². The van der Waals surface area contributed by atoms with Gasteiger partial charge in [0.1, 0.15) is 17.8 Å². The molecule has 2 saturated heterocycles. The molecule has 15 heavy (non-hydrogen) atoms. The largest absolute Gasteiger partial charge is 0.444 e. The summed E-state index contributed by atoms with van der Waals surface area (Å²) in [4.78, 5) is 13.3. The zero-order valence-corrected chi connectivity index (χ0v) is 9.27. The molecular formula is C10H17NO4. The average molecular weight is 215 g/mol. The molecule has 1 unspecified atom stereocenters. The van der Waals surface area contributed by atoms with E-state index in [9.17, 15) is 9.90 Å². The van der Waals surface area contributed by atoms with E-state index in [0.29, 0.717) is 13.2 Å².